The summed E-state index contributed by atoms with van der Waals surface area (Å²) in [6.07, 6.45) is 3.49. The summed E-state index contributed by atoms with van der Waals surface area (Å²) in [5, 5.41) is 13.1. The van der Waals surface area contributed by atoms with Crippen LogP contribution in [0.3, 0.4) is 0 Å². The standard InChI is InChI=1S/C31H35N3O5S/c1-30(2)25-13-14-31(30,27(35)18-25)20-40(38,39)34-26(29(36)37)17-21-9-11-23(12-10-21)24-7-5-6-22(16-24)19-33-28-8-3-4-15-32-28/h3-12,15-16,25-26,34H,13-14,17-20H2,1-2H3,(H,32,33)(H,36,37)/t25?,26-,31+/m0/s1. The number of aromatic nitrogens is 1. The van der Waals surface area contributed by atoms with Gasteiger partial charge in [-0.1, -0.05) is 62.4 Å². The molecular formula is C31H35N3O5S. The number of carbonyl (C=O) groups is 2. The molecular weight excluding hydrogens is 526 g/mol. The molecule has 9 heteroatoms. The number of benzene rings is 2. The molecule has 0 saturated heterocycles. The van der Waals surface area contributed by atoms with E-state index in [0.717, 1.165) is 28.9 Å². The molecule has 3 aromatic rings. The predicted octanol–water partition coefficient (Wildman–Crippen LogP) is 4.67. The zero-order chi connectivity index (χ0) is 28.5. The number of carboxylic acid groups (broad SMARTS) is 1. The molecule has 5 rings (SSSR count). The largest absolute Gasteiger partial charge is 0.480 e. The third-order valence-corrected chi connectivity index (χ3v) is 10.5. The van der Waals surface area contributed by atoms with Crippen molar-refractivity contribution in [3.8, 4) is 11.1 Å². The number of ketones is 1. The zero-order valence-electron chi connectivity index (χ0n) is 22.8. The summed E-state index contributed by atoms with van der Waals surface area (Å²) in [5.74, 6) is -0.651. The van der Waals surface area contributed by atoms with Gasteiger partial charge in [0.1, 0.15) is 17.6 Å². The maximum atomic E-state index is 13.2. The number of fused-ring (bicyclic) bond motifs is 2. The average Bonchev–Trinajstić information content (AvgIpc) is 3.27. The SMILES string of the molecule is CC1(C)C2CC[C@@]1(CS(=O)(=O)N[C@@H](Cc1ccc(-c3cccc(CNc4ccccn4)c3)cc1)C(=O)O)C(=O)C2. The Morgan fingerprint density at radius 1 is 1.05 bits per heavy atom. The van der Waals surface area contributed by atoms with Crippen molar-refractivity contribution in [1.82, 2.24) is 9.71 Å². The minimum absolute atomic E-state index is 0.00412. The predicted molar refractivity (Wildman–Crippen MR) is 154 cm³/mol. The Labute approximate surface area is 235 Å². The lowest BCUT2D eigenvalue weighted by Gasteiger charge is -2.36. The van der Waals surface area contributed by atoms with Gasteiger partial charge in [-0.3, -0.25) is 9.59 Å². The number of carbonyl (C=O) groups excluding carboxylic acids is 1. The van der Waals surface area contributed by atoms with Gasteiger partial charge in [0.25, 0.3) is 0 Å². The number of rotatable bonds is 11. The Bertz CT molecular complexity index is 1510. The molecule has 210 valence electrons. The van der Waals surface area contributed by atoms with Crippen LogP contribution in [0.15, 0.2) is 72.9 Å². The van der Waals surface area contributed by atoms with Crippen LogP contribution in [-0.4, -0.2) is 42.1 Å². The van der Waals surface area contributed by atoms with Crippen LogP contribution in [0.1, 0.15) is 44.2 Å². The molecule has 0 amide bonds. The molecule has 2 aliphatic rings. The fourth-order valence-corrected chi connectivity index (χ4v) is 8.49. The van der Waals surface area contributed by atoms with Crippen molar-refractivity contribution in [2.45, 2.75) is 52.1 Å². The van der Waals surface area contributed by atoms with Gasteiger partial charge in [0.05, 0.1) is 5.75 Å². The van der Waals surface area contributed by atoms with Crippen LogP contribution in [0, 0.1) is 16.7 Å². The van der Waals surface area contributed by atoms with Crippen LogP contribution < -0.4 is 10.0 Å². The second-order valence-electron chi connectivity index (χ2n) is 11.6. The molecule has 2 aliphatic carbocycles. The first-order valence-corrected chi connectivity index (χ1v) is 15.2. The summed E-state index contributed by atoms with van der Waals surface area (Å²) in [6.45, 7) is 4.55. The lowest BCUT2D eigenvalue weighted by molar-refractivity contribution is -0.138. The molecule has 3 atom stereocenters. The number of sulfonamides is 1. The topological polar surface area (TPSA) is 125 Å². The maximum absolute atomic E-state index is 13.2. The van der Waals surface area contributed by atoms with Crippen molar-refractivity contribution in [2.24, 2.45) is 16.7 Å². The second-order valence-corrected chi connectivity index (χ2v) is 13.4. The maximum Gasteiger partial charge on any atom is 0.322 e. The molecule has 0 aliphatic heterocycles. The average molecular weight is 562 g/mol. The van der Waals surface area contributed by atoms with E-state index in [0.29, 0.717) is 24.9 Å². The molecule has 1 aromatic heterocycles. The Kier molecular flexibility index (Phi) is 7.54. The molecule has 0 spiro atoms. The van der Waals surface area contributed by atoms with Crippen molar-refractivity contribution in [3.63, 3.8) is 0 Å². The first-order chi connectivity index (χ1) is 19.0. The molecule has 0 radical (unpaired) electrons. The third kappa shape index (κ3) is 5.53. The van der Waals surface area contributed by atoms with Gasteiger partial charge in [0.2, 0.25) is 10.0 Å². The Morgan fingerprint density at radius 2 is 1.82 bits per heavy atom. The van der Waals surface area contributed by atoms with Crippen LogP contribution in [0.2, 0.25) is 0 Å². The van der Waals surface area contributed by atoms with E-state index in [2.05, 4.69) is 21.1 Å². The Morgan fingerprint density at radius 3 is 2.45 bits per heavy atom. The molecule has 1 heterocycles. The number of aliphatic carboxylic acids is 1. The normalized spacial score (nSPS) is 22.2. The van der Waals surface area contributed by atoms with Crippen LogP contribution in [0.4, 0.5) is 5.82 Å². The van der Waals surface area contributed by atoms with Crippen molar-refractivity contribution in [3.05, 3.63) is 84.1 Å². The minimum atomic E-state index is -4.02. The van der Waals surface area contributed by atoms with Gasteiger partial charge in [-0.2, -0.15) is 0 Å². The number of nitrogens with zero attached hydrogens (tertiary/aromatic N) is 1. The number of hydrogen-bond donors (Lipinski definition) is 3. The number of carboxylic acids is 1. The fourth-order valence-electron chi connectivity index (χ4n) is 6.46. The van der Waals surface area contributed by atoms with Gasteiger partial charge in [-0.15, -0.1) is 0 Å². The zero-order valence-corrected chi connectivity index (χ0v) is 23.6. The van der Waals surface area contributed by atoms with Gasteiger partial charge < -0.3 is 10.4 Å². The number of pyridine rings is 1. The first-order valence-electron chi connectivity index (χ1n) is 13.6. The van der Waals surface area contributed by atoms with Crippen molar-refractivity contribution >= 4 is 27.6 Å². The van der Waals surface area contributed by atoms with E-state index in [9.17, 15) is 23.1 Å². The van der Waals surface area contributed by atoms with E-state index in [4.69, 9.17) is 0 Å². The molecule has 2 bridgehead atoms. The van der Waals surface area contributed by atoms with Crippen molar-refractivity contribution < 1.29 is 23.1 Å². The van der Waals surface area contributed by atoms with E-state index in [-0.39, 0.29) is 23.9 Å². The quantitative estimate of drug-likeness (QED) is 0.311. The highest BCUT2D eigenvalue weighted by atomic mass is 32.2. The third-order valence-electron chi connectivity index (χ3n) is 8.99. The summed E-state index contributed by atoms with van der Waals surface area (Å²) in [4.78, 5) is 29.1. The van der Waals surface area contributed by atoms with Crippen molar-refractivity contribution in [1.29, 1.82) is 0 Å². The van der Waals surface area contributed by atoms with Crippen LogP contribution in [0.5, 0.6) is 0 Å². The number of nitrogens with one attached hydrogen (secondary N) is 2. The van der Waals surface area contributed by atoms with Crippen LogP contribution in [-0.2, 0) is 32.6 Å². The van der Waals surface area contributed by atoms with Crippen LogP contribution >= 0.6 is 0 Å². The Balaban J connectivity index is 1.25. The summed E-state index contributed by atoms with van der Waals surface area (Å²) in [7, 11) is -4.02. The lowest BCUT2D eigenvalue weighted by Crippen LogP contribution is -2.49. The highest BCUT2D eigenvalue weighted by Crippen LogP contribution is 2.64. The molecule has 2 aromatic carbocycles. The number of anilines is 1. The molecule has 3 N–H and O–H groups in total. The second kappa shape index (κ2) is 10.8. The van der Waals surface area contributed by atoms with Gasteiger partial charge in [-0.05, 0) is 71.0 Å². The Hall–Kier alpha value is -3.56. The van der Waals surface area contributed by atoms with E-state index in [1.54, 1.807) is 6.20 Å². The van der Waals surface area contributed by atoms with E-state index in [1.165, 1.54) is 0 Å². The first kappa shape index (κ1) is 28.0. The molecule has 8 nitrogen and oxygen atoms in total. The summed E-state index contributed by atoms with van der Waals surface area (Å²) in [5.41, 5.74) is 2.40. The molecule has 1 unspecified atom stereocenters. The van der Waals surface area contributed by atoms with Gasteiger partial charge in [-0.25, -0.2) is 18.1 Å². The van der Waals surface area contributed by atoms with E-state index >= 15 is 0 Å². The number of hydrogen-bond acceptors (Lipinski definition) is 6. The smallest absolute Gasteiger partial charge is 0.322 e. The molecule has 2 saturated carbocycles. The van der Waals surface area contributed by atoms with Crippen molar-refractivity contribution in [2.75, 3.05) is 11.1 Å². The lowest BCUT2D eigenvalue weighted by atomic mass is 9.70. The van der Waals surface area contributed by atoms with Gasteiger partial charge in [0.15, 0.2) is 0 Å². The summed E-state index contributed by atoms with van der Waals surface area (Å²) < 4.78 is 28.8. The highest BCUT2D eigenvalue weighted by Gasteiger charge is 2.65. The summed E-state index contributed by atoms with van der Waals surface area (Å²) in [6, 6.07) is 19.9. The van der Waals surface area contributed by atoms with E-state index in [1.807, 2.05) is 74.5 Å². The van der Waals surface area contributed by atoms with Gasteiger partial charge >= 0.3 is 5.97 Å². The van der Waals surface area contributed by atoms with Crippen LogP contribution in [0.25, 0.3) is 11.1 Å². The molecule has 40 heavy (non-hydrogen) atoms. The fraction of sp³-hybridized carbons (Fsp3) is 0.387. The number of Topliss-reactive ketones (excluding diaryl/α,β-unsaturated/α-hetero) is 1. The van der Waals surface area contributed by atoms with Gasteiger partial charge in [0, 0.05) is 24.6 Å². The minimum Gasteiger partial charge on any atom is -0.480 e. The highest BCUT2D eigenvalue weighted by molar-refractivity contribution is 7.89. The monoisotopic (exact) mass is 561 g/mol. The van der Waals surface area contributed by atoms with E-state index < -0.39 is 32.9 Å². The summed E-state index contributed by atoms with van der Waals surface area (Å²) >= 11 is 0. The molecule has 2 fully saturated rings.